The molecule has 2 fully saturated rings. The molecule has 150 valence electrons. The average Bonchev–Trinajstić information content (AvgIpc) is 3.25. The van der Waals surface area contributed by atoms with Crippen LogP contribution in [0.3, 0.4) is 0 Å². The third kappa shape index (κ3) is 3.77. The summed E-state index contributed by atoms with van der Waals surface area (Å²) in [4.78, 5) is 25.2. The van der Waals surface area contributed by atoms with E-state index in [1.165, 1.54) is 5.69 Å². The van der Waals surface area contributed by atoms with Crippen molar-refractivity contribution in [1.29, 1.82) is 0 Å². The topological polar surface area (TPSA) is 52.2 Å². The number of likely N-dealkylation sites (tertiary alicyclic amines) is 1. The minimum atomic E-state index is -0.0275. The van der Waals surface area contributed by atoms with Gasteiger partial charge < -0.3 is 9.88 Å². The lowest BCUT2D eigenvalue weighted by molar-refractivity contribution is 0.205. The van der Waals surface area contributed by atoms with E-state index in [1.54, 1.807) is 0 Å². The van der Waals surface area contributed by atoms with Gasteiger partial charge in [-0.1, -0.05) is 23.7 Å². The molecule has 0 saturated carbocycles. The number of piperidine rings is 1. The zero-order valence-electron chi connectivity index (χ0n) is 16.4. The van der Waals surface area contributed by atoms with E-state index in [1.807, 2.05) is 36.4 Å². The maximum Gasteiger partial charge on any atom is 0.258 e. The van der Waals surface area contributed by atoms with Crippen molar-refractivity contribution in [3.8, 4) is 0 Å². The number of halogens is 1. The van der Waals surface area contributed by atoms with Crippen molar-refractivity contribution in [1.82, 2.24) is 14.9 Å². The molecule has 1 unspecified atom stereocenters. The van der Waals surface area contributed by atoms with E-state index in [9.17, 15) is 4.79 Å². The Kier molecular flexibility index (Phi) is 5.02. The first-order chi connectivity index (χ1) is 14.2. The van der Waals surface area contributed by atoms with Crippen molar-refractivity contribution >= 4 is 28.2 Å². The third-order valence-corrected chi connectivity index (χ3v) is 6.66. The summed E-state index contributed by atoms with van der Waals surface area (Å²) in [7, 11) is 0. The Labute approximate surface area is 175 Å². The fourth-order valence-corrected chi connectivity index (χ4v) is 4.91. The van der Waals surface area contributed by atoms with Crippen LogP contribution >= 0.6 is 11.6 Å². The molecule has 2 saturated heterocycles. The highest BCUT2D eigenvalue weighted by Gasteiger charge is 2.32. The van der Waals surface area contributed by atoms with Gasteiger partial charge >= 0.3 is 0 Å². The molecule has 0 spiro atoms. The molecule has 3 aromatic rings. The summed E-state index contributed by atoms with van der Waals surface area (Å²) in [6, 6.07) is 16.3. The van der Waals surface area contributed by atoms with Crippen LogP contribution in [0.5, 0.6) is 0 Å². The second kappa shape index (κ2) is 7.81. The Morgan fingerprint density at radius 3 is 2.52 bits per heavy atom. The highest BCUT2D eigenvalue weighted by Crippen LogP contribution is 2.30. The molecule has 0 bridgehead atoms. The smallest absolute Gasteiger partial charge is 0.258 e. The van der Waals surface area contributed by atoms with Crippen LogP contribution in [0, 0.1) is 0 Å². The van der Waals surface area contributed by atoms with Crippen LogP contribution in [0.15, 0.2) is 53.3 Å². The molecule has 1 N–H and O–H groups in total. The average molecular weight is 409 g/mol. The van der Waals surface area contributed by atoms with Crippen LogP contribution < -0.4 is 10.5 Å². The molecule has 1 aromatic heterocycles. The maximum atomic E-state index is 12.4. The standard InChI is InChI=1S/C23H25ClN4O/c24-17-5-7-18(8-6-17)27-13-10-19(11-14-27)28-12-9-16(15-28)22-25-21-4-2-1-3-20(21)23(29)26-22/h1-8,16,19H,9-15H2,(H,25,26,29). The van der Waals surface area contributed by atoms with Crippen LogP contribution in [0.25, 0.3) is 10.9 Å². The second-order valence-electron chi connectivity index (χ2n) is 8.14. The lowest BCUT2D eigenvalue weighted by Crippen LogP contribution is -2.44. The number of rotatable bonds is 3. The van der Waals surface area contributed by atoms with Gasteiger partial charge in [0.25, 0.3) is 5.56 Å². The van der Waals surface area contributed by atoms with E-state index in [0.29, 0.717) is 17.3 Å². The minimum Gasteiger partial charge on any atom is -0.371 e. The first kappa shape index (κ1) is 18.6. The molecule has 0 radical (unpaired) electrons. The molecular formula is C23H25ClN4O. The summed E-state index contributed by atoms with van der Waals surface area (Å²) in [6.45, 7) is 4.19. The van der Waals surface area contributed by atoms with Gasteiger partial charge in [-0.3, -0.25) is 9.69 Å². The number of aromatic nitrogens is 2. The Bertz CT molecular complexity index is 1060. The monoisotopic (exact) mass is 408 g/mol. The maximum absolute atomic E-state index is 12.4. The van der Waals surface area contributed by atoms with Crippen molar-refractivity contribution in [2.45, 2.75) is 31.2 Å². The van der Waals surface area contributed by atoms with Gasteiger partial charge in [0.1, 0.15) is 5.82 Å². The minimum absolute atomic E-state index is 0.0275. The van der Waals surface area contributed by atoms with Crippen molar-refractivity contribution in [2.24, 2.45) is 0 Å². The molecule has 2 aliphatic rings. The number of para-hydroxylation sites is 1. The van der Waals surface area contributed by atoms with Crippen molar-refractivity contribution in [3.63, 3.8) is 0 Å². The predicted octanol–water partition coefficient (Wildman–Crippen LogP) is 4.03. The Hall–Kier alpha value is -2.37. The quantitative estimate of drug-likeness (QED) is 0.710. The number of benzene rings is 2. The van der Waals surface area contributed by atoms with Crippen LogP contribution in [-0.2, 0) is 0 Å². The summed E-state index contributed by atoms with van der Waals surface area (Å²) in [5.41, 5.74) is 2.02. The SMILES string of the molecule is O=c1[nH]c(C2CCN(C3CCN(c4ccc(Cl)cc4)CC3)C2)nc2ccccc12. The zero-order valence-corrected chi connectivity index (χ0v) is 17.1. The normalized spacial score (nSPS) is 21.1. The Morgan fingerprint density at radius 1 is 0.966 bits per heavy atom. The number of nitrogens with zero attached hydrogens (tertiary/aromatic N) is 3. The second-order valence-corrected chi connectivity index (χ2v) is 8.58. The number of fused-ring (bicyclic) bond motifs is 1. The van der Waals surface area contributed by atoms with E-state index >= 15 is 0 Å². The van der Waals surface area contributed by atoms with Crippen molar-refractivity contribution < 1.29 is 0 Å². The summed E-state index contributed by atoms with van der Waals surface area (Å²) < 4.78 is 0. The number of nitrogens with one attached hydrogen (secondary N) is 1. The summed E-state index contributed by atoms with van der Waals surface area (Å²) in [5.74, 6) is 1.15. The molecule has 1 atom stereocenters. The molecule has 3 heterocycles. The van der Waals surface area contributed by atoms with Gasteiger partial charge in [-0.2, -0.15) is 0 Å². The van der Waals surface area contributed by atoms with Gasteiger partial charge in [0.15, 0.2) is 0 Å². The molecule has 2 aliphatic heterocycles. The van der Waals surface area contributed by atoms with Crippen molar-refractivity contribution in [2.75, 3.05) is 31.1 Å². The number of anilines is 1. The first-order valence-corrected chi connectivity index (χ1v) is 10.8. The molecule has 6 heteroatoms. The van der Waals surface area contributed by atoms with E-state index < -0.39 is 0 Å². The predicted molar refractivity (Wildman–Crippen MR) is 118 cm³/mol. The number of hydrogen-bond acceptors (Lipinski definition) is 4. The van der Waals surface area contributed by atoms with Crippen LogP contribution in [0.1, 0.15) is 31.0 Å². The third-order valence-electron chi connectivity index (χ3n) is 6.41. The Morgan fingerprint density at radius 2 is 1.72 bits per heavy atom. The molecule has 5 rings (SSSR count). The molecule has 29 heavy (non-hydrogen) atoms. The highest BCUT2D eigenvalue weighted by atomic mass is 35.5. The fraction of sp³-hybridized carbons (Fsp3) is 0.391. The summed E-state index contributed by atoms with van der Waals surface area (Å²) in [6.07, 6.45) is 3.38. The van der Waals surface area contributed by atoms with Gasteiger partial charge in [0, 0.05) is 42.3 Å². The molecular weight excluding hydrogens is 384 g/mol. The van der Waals surface area contributed by atoms with E-state index in [0.717, 1.165) is 61.8 Å². The van der Waals surface area contributed by atoms with Gasteiger partial charge in [0.05, 0.1) is 10.9 Å². The lowest BCUT2D eigenvalue weighted by atomic mass is 10.0. The first-order valence-electron chi connectivity index (χ1n) is 10.4. The summed E-state index contributed by atoms with van der Waals surface area (Å²) in [5, 5.41) is 1.45. The summed E-state index contributed by atoms with van der Waals surface area (Å²) >= 11 is 6.01. The van der Waals surface area contributed by atoms with Gasteiger partial charge in [-0.25, -0.2) is 4.98 Å². The van der Waals surface area contributed by atoms with Crippen LogP contribution in [-0.4, -0.2) is 47.1 Å². The van der Waals surface area contributed by atoms with Crippen LogP contribution in [0.2, 0.25) is 5.02 Å². The van der Waals surface area contributed by atoms with E-state index in [4.69, 9.17) is 16.6 Å². The molecule has 5 nitrogen and oxygen atoms in total. The van der Waals surface area contributed by atoms with Gasteiger partial charge in [-0.05, 0) is 62.2 Å². The van der Waals surface area contributed by atoms with Crippen LogP contribution in [0.4, 0.5) is 5.69 Å². The fourth-order valence-electron chi connectivity index (χ4n) is 4.78. The van der Waals surface area contributed by atoms with Gasteiger partial charge in [-0.15, -0.1) is 0 Å². The lowest BCUT2D eigenvalue weighted by Gasteiger charge is -2.38. The van der Waals surface area contributed by atoms with Crippen molar-refractivity contribution in [3.05, 3.63) is 69.7 Å². The molecule has 2 aromatic carbocycles. The van der Waals surface area contributed by atoms with E-state index in [2.05, 4.69) is 26.9 Å². The van der Waals surface area contributed by atoms with E-state index in [-0.39, 0.29) is 5.56 Å². The molecule has 0 aliphatic carbocycles. The number of aromatic amines is 1. The zero-order chi connectivity index (χ0) is 19.8. The number of H-pyrrole nitrogens is 1. The number of hydrogen-bond donors (Lipinski definition) is 1. The van der Waals surface area contributed by atoms with Gasteiger partial charge in [0.2, 0.25) is 0 Å². The highest BCUT2D eigenvalue weighted by molar-refractivity contribution is 6.30. The Balaban J connectivity index is 1.24. The largest absolute Gasteiger partial charge is 0.371 e. The molecule has 0 amide bonds.